The van der Waals surface area contributed by atoms with Crippen molar-refractivity contribution in [3.63, 3.8) is 0 Å². The van der Waals surface area contributed by atoms with E-state index in [1.165, 1.54) is 44.3 Å². The Labute approximate surface area is 390 Å². The first kappa shape index (κ1) is 51.6. The number of nitriles is 2. The van der Waals surface area contributed by atoms with E-state index >= 15 is 0 Å². The zero-order valence-corrected chi connectivity index (χ0v) is 38.1. The predicted molar refractivity (Wildman–Crippen MR) is 254 cm³/mol. The molecule has 2 saturated heterocycles. The highest BCUT2D eigenvalue weighted by atomic mass is 35.5. The number of esters is 2. The summed E-state index contributed by atoms with van der Waals surface area (Å²) in [5.74, 6) is 0.0513. The van der Waals surface area contributed by atoms with Gasteiger partial charge in [-0.15, -0.1) is 12.4 Å². The Hall–Kier alpha value is -6.01. The minimum absolute atomic E-state index is 0. The van der Waals surface area contributed by atoms with Gasteiger partial charge in [0, 0.05) is 18.7 Å². The highest BCUT2D eigenvalue weighted by Gasteiger charge is 2.33. The van der Waals surface area contributed by atoms with Gasteiger partial charge in [0.1, 0.15) is 0 Å². The molecule has 2 aliphatic heterocycles. The number of rotatable bonds is 10. The molecular weight excluding hydrogens is 840 g/mol. The first-order chi connectivity index (χ1) is 30.5. The van der Waals surface area contributed by atoms with Crippen molar-refractivity contribution in [1.82, 2.24) is 10.2 Å². The maximum Gasteiger partial charge on any atom is 0.338 e. The lowest BCUT2D eigenvalue weighted by atomic mass is 9.88. The van der Waals surface area contributed by atoms with Gasteiger partial charge in [-0.05, 0) is 171 Å². The van der Waals surface area contributed by atoms with E-state index < -0.39 is 11.9 Å². The first-order valence-corrected chi connectivity index (χ1v) is 22.3. The van der Waals surface area contributed by atoms with Crippen LogP contribution in [0.4, 0.5) is 0 Å². The van der Waals surface area contributed by atoms with E-state index in [1.807, 2.05) is 54.3 Å². The summed E-state index contributed by atoms with van der Waals surface area (Å²) in [6.07, 6.45) is 9.89. The Balaban J connectivity index is 0.000000231. The van der Waals surface area contributed by atoms with Crippen molar-refractivity contribution in [3.05, 3.63) is 140 Å². The van der Waals surface area contributed by atoms with Crippen molar-refractivity contribution >= 4 is 36.2 Å². The average Bonchev–Trinajstić information content (AvgIpc) is 4.29. The van der Waals surface area contributed by atoms with Gasteiger partial charge in [-0.25, -0.2) is 14.4 Å². The molecule has 65 heavy (non-hydrogen) atoms. The van der Waals surface area contributed by atoms with Crippen LogP contribution in [0.15, 0.2) is 72.8 Å². The van der Waals surface area contributed by atoms with Gasteiger partial charge < -0.3 is 24.8 Å². The molecule has 4 aromatic rings. The predicted octanol–water partition coefficient (Wildman–Crippen LogP) is 10.5. The maximum absolute atomic E-state index is 13.4. The zero-order chi connectivity index (χ0) is 45.0. The zero-order valence-electron chi connectivity index (χ0n) is 37.3. The van der Waals surface area contributed by atoms with E-state index in [1.54, 1.807) is 6.07 Å². The van der Waals surface area contributed by atoms with Crippen molar-refractivity contribution < 1.29 is 33.8 Å². The third-order valence-corrected chi connectivity index (χ3v) is 12.8. The number of benzene rings is 4. The maximum atomic E-state index is 13.4. The van der Waals surface area contributed by atoms with Gasteiger partial charge in [-0.1, -0.05) is 57.7 Å². The summed E-state index contributed by atoms with van der Waals surface area (Å²) in [5.41, 5.74) is 9.53. The molecule has 0 atom stereocenters. The lowest BCUT2D eigenvalue weighted by molar-refractivity contribution is 0.0589. The van der Waals surface area contributed by atoms with Gasteiger partial charge in [0.15, 0.2) is 0 Å². The third-order valence-electron chi connectivity index (χ3n) is 12.8. The molecule has 0 bridgehead atoms. The molecule has 4 aromatic carbocycles. The average molecular weight is 904 g/mol. The molecule has 0 unspecified atom stereocenters. The molecule has 2 saturated carbocycles. The van der Waals surface area contributed by atoms with Crippen LogP contribution in [-0.4, -0.2) is 74.2 Å². The molecule has 4 aliphatic rings. The summed E-state index contributed by atoms with van der Waals surface area (Å²) in [6.45, 7) is 7.57. The summed E-state index contributed by atoms with van der Waals surface area (Å²) in [6, 6.07) is 27.2. The van der Waals surface area contributed by atoms with Crippen LogP contribution in [0, 0.1) is 22.7 Å². The molecule has 2 aliphatic carbocycles. The number of likely N-dealkylation sites (tertiary alicyclic amines) is 1. The molecule has 344 valence electrons. The van der Waals surface area contributed by atoms with Crippen LogP contribution in [0.25, 0.3) is 0 Å². The molecule has 4 fully saturated rings. The lowest BCUT2D eigenvalue weighted by Gasteiger charge is -2.33. The highest BCUT2D eigenvalue weighted by molar-refractivity contribution is 6.00. The van der Waals surface area contributed by atoms with E-state index in [2.05, 4.69) is 42.6 Å². The number of halogens is 1. The number of amides is 1. The second-order valence-corrected chi connectivity index (χ2v) is 16.8. The molecule has 0 spiro atoms. The van der Waals surface area contributed by atoms with E-state index in [0.717, 1.165) is 85.9 Å². The number of nitrogens with zero attached hydrogens (tertiary/aromatic N) is 3. The Kier molecular flexibility index (Phi) is 19.3. The van der Waals surface area contributed by atoms with Crippen LogP contribution in [-0.2, 0) is 22.3 Å². The second kappa shape index (κ2) is 24.3. The lowest BCUT2D eigenvalue weighted by Crippen LogP contribution is -2.38. The van der Waals surface area contributed by atoms with Crippen LogP contribution in [0.1, 0.15) is 182 Å². The number of carboxylic acid groups (broad SMARTS) is 1. The van der Waals surface area contributed by atoms with Crippen LogP contribution in [0.5, 0.6) is 0 Å². The quantitative estimate of drug-likeness (QED) is 0.146. The van der Waals surface area contributed by atoms with Crippen molar-refractivity contribution in [3.8, 4) is 12.1 Å². The number of piperidine rings is 2. The SMILES string of the molecule is C.CCc1cc(C2CC2)c(C(=O)OC)cc1C(=O)N1CCC(c2ccc(C#N)cc2)CC1.CCc1cc(C2CC2)c(C(=O)OC)cc1C(=O)O.Cl.N#Cc1ccc(C2CCNCC2)cc1. The summed E-state index contributed by atoms with van der Waals surface area (Å²) in [7, 11) is 2.70. The van der Waals surface area contributed by atoms with Crippen LogP contribution < -0.4 is 5.32 Å². The van der Waals surface area contributed by atoms with Gasteiger partial charge in [0.25, 0.3) is 5.91 Å². The monoisotopic (exact) mass is 902 g/mol. The Morgan fingerprint density at radius 2 is 1.02 bits per heavy atom. The number of hydrogen-bond donors (Lipinski definition) is 2. The van der Waals surface area contributed by atoms with Crippen molar-refractivity contribution in [2.24, 2.45) is 0 Å². The van der Waals surface area contributed by atoms with Crippen LogP contribution >= 0.6 is 12.4 Å². The third kappa shape index (κ3) is 13.1. The topological polar surface area (TPSA) is 170 Å². The summed E-state index contributed by atoms with van der Waals surface area (Å²) in [4.78, 5) is 50.6. The van der Waals surface area contributed by atoms with E-state index in [0.29, 0.717) is 65.4 Å². The molecule has 8 rings (SSSR count). The minimum atomic E-state index is -1.00. The number of nitrogens with one attached hydrogen (secondary N) is 1. The molecule has 12 heteroatoms. The smallest absolute Gasteiger partial charge is 0.338 e. The minimum Gasteiger partial charge on any atom is -0.478 e. The summed E-state index contributed by atoms with van der Waals surface area (Å²) < 4.78 is 9.74. The van der Waals surface area contributed by atoms with Crippen molar-refractivity contribution in [2.45, 2.75) is 109 Å². The van der Waals surface area contributed by atoms with E-state index in [4.69, 9.17) is 25.1 Å². The first-order valence-electron chi connectivity index (χ1n) is 22.3. The Morgan fingerprint density at radius 3 is 1.38 bits per heavy atom. The molecule has 1 amide bonds. The number of aromatic carboxylic acids is 1. The molecule has 11 nitrogen and oxygen atoms in total. The van der Waals surface area contributed by atoms with Gasteiger partial charge in [0.05, 0.1) is 54.2 Å². The summed E-state index contributed by atoms with van der Waals surface area (Å²) in [5, 5.41) is 30.2. The van der Waals surface area contributed by atoms with Gasteiger partial charge in [0.2, 0.25) is 0 Å². The van der Waals surface area contributed by atoms with Gasteiger partial charge in [-0.3, -0.25) is 4.79 Å². The molecule has 0 aromatic heterocycles. The molecule has 0 radical (unpaired) electrons. The summed E-state index contributed by atoms with van der Waals surface area (Å²) >= 11 is 0. The van der Waals surface area contributed by atoms with Crippen molar-refractivity contribution in [2.75, 3.05) is 40.4 Å². The Morgan fingerprint density at radius 1 is 0.615 bits per heavy atom. The van der Waals surface area contributed by atoms with Crippen LogP contribution in [0.2, 0.25) is 0 Å². The largest absolute Gasteiger partial charge is 0.478 e. The van der Waals surface area contributed by atoms with Gasteiger partial charge >= 0.3 is 17.9 Å². The number of carboxylic acids is 1. The number of hydrogen-bond acceptors (Lipinski definition) is 9. The number of aryl methyl sites for hydroxylation is 2. The highest BCUT2D eigenvalue weighted by Crippen LogP contribution is 2.44. The standard InChI is InChI=1S/C26H28N2O3.C14H16O4.C12H14N2.CH4.ClH/c1-3-18-14-22(21-8-9-21)24(26(30)31-2)15-23(18)25(29)28-12-10-20(11-13-28)19-6-4-17(16-27)5-7-19;1-3-8-6-10(9-4-5-9)12(14(17)18-2)7-11(8)13(15)16;13-9-10-1-3-11(4-2-10)12-5-7-14-8-6-12;;/h4-7,14-15,20-21H,3,8-13H2,1-2H3;6-7,9H,3-5H2,1-2H3,(H,15,16);1-4,12,14H,5-8H2;1H4;1H. The number of methoxy groups -OCH3 is 2. The molecular formula is C53H63ClN4O7. The Bertz CT molecular complexity index is 2360. The molecule has 2 N–H and O–H groups in total. The molecule has 2 heterocycles. The van der Waals surface area contributed by atoms with Crippen LogP contribution in [0.3, 0.4) is 0 Å². The second-order valence-electron chi connectivity index (χ2n) is 16.8. The van der Waals surface area contributed by atoms with Crippen molar-refractivity contribution in [1.29, 1.82) is 10.5 Å². The number of ether oxygens (including phenoxy) is 2. The number of carbonyl (C=O) groups is 4. The van der Waals surface area contributed by atoms with Gasteiger partial charge in [-0.2, -0.15) is 10.5 Å². The number of carbonyl (C=O) groups excluding carboxylic acids is 3. The fourth-order valence-corrected chi connectivity index (χ4v) is 8.75. The fourth-order valence-electron chi connectivity index (χ4n) is 8.75. The normalized spacial score (nSPS) is 15.7. The van der Waals surface area contributed by atoms with E-state index in [-0.39, 0.29) is 37.3 Å². The van der Waals surface area contributed by atoms with E-state index in [9.17, 15) is 19.2 Å². The fraction of sp³-hybridized carbons (Fsp3) is 0.434.